The smallest absolute Gasteiger partial charge is 0.0604 e. The number of rotatable bonds is 2. The highest BCUT2D eigenvalue weighted by Crippen LogP contribution is 2.33. The van der Waals surface area contributed by atoms with E-state index in [1.165, 1.54) is 63.2 Å². The molecule has 0 unspecified atom stereocenters. The van der Waals surface area contributed by atoms with Crippen molar-refractivity contribution in [3.63, 3.8) is 0 Å². The minimum absolute atomic E-state index is 1.24. The van der Waals surface area contributed by atoms with Gasteiger partial charge in [-0.15, -0.1) is 0 Å². The summed E-state index contributed by atoms with van der Waals surface area (Å²) < 4.78 is 0. The first kappa shape index (κ1) is 10.0. The Morgan fingerprint density at radius 3 is 1.38 bits per heavy atom. The Kier molecular flexibility index (Phi) is 2.73. The quantitative estimate of drug-likeness (QED) is 0.750. The van der Waals surface area contributed by atoms with Crippen molar-refractivity contribution in [3.8, 4) is 0 Å². The number of hydrogen-bond donors (Lipinski definition) is 0. The molecule has 2 aliphatic rings. The molecule has 0 aliphatic carbocycles. The summed E-state index contributed by atoms with van der Waals surface area (Å²) >= 11 is 0. The van der Waals surface area contributed by atoms with Crippen molar-refractivity contribution >= 4 is 11.4 Å². The van der Waals surface area contributed by atoms with Crippen molar-refractivity contribution in [2.75, 3.05) is 36.0 Å². The van der Waals surface area contributed by atoms with Gasteiger partial charge in [0.2, 0.25) is 0 Å². The molecule has 1 aromatic carbocycles. The zero-order valence-corrected chi connectivity index (χ0v) is 9.86. The number of nitrogens with zero attached hydrogens (tertiary/aromatic N) is 2. The van der Waals surface area contributed by atoms with Crippen LogP contribution in [0.25, 0.3) is 0 Å². The van der Waals surface area contributed by atoms with E-state index in [-0.39, 0.29) is 0 Å². The predicted molar refractivity (Wildman–Crippen MR) is 69.3 cm³/mol. The maximum Gasteiger partial charge on any atom is 0.0604 e. The molecule has 2 fully saturated rings. The Hall–Kier alpha value is -1.18. The Morgan fingerprint density at radius 1 is 0.625 bits per heavy atom. The van der Waals surface area contributed by atoms with E-state index in [2.05, 4.69) is 34.1 Å². The molecule has 0 radical (unpaired) electrons. The maximum atomic E-state index is 2.55. The zero-order valence-electron chi connectivity index (χ0n) is 9.86. The standard InChI is InChI=1S/C14H20N2/c1-2-8-14(16-11-5-6-12-16)13(7-1)15-9-3-4-10-15/h1-2,7-8H,3-6,9-12H2. The molecule has 2 heterocycles. The number of hydrogen-bond acceptors (Lipinski definition) is 2. The average molecular weight is 216 g/mol. The Morgan fingerprint density at radius 2 is 1.00 bits per heavy atom. The van der Waals surface area contributed by atoms with Crippen LogP contribution < -0.4 is 9.80 Å². The van der Waals surface area contributed by atoms with Crippen LogP contribution in [0.2, 0.25) is 0 Å². The summed E-state index contributed by atoms with van der Waals surface area (Å²) in [6.07, 6.45) is 5.42. The van der Waals surface area contributed by atoms with Crippen LogP contribution in [0.4, 0.5) is 11.4 Å². The minimum atomic E-state index is 1.24. The van der Waals surface area contributed by atoms with Crippen molar-refractivity contribution in [2.45, 2.75) is 25.7 Å². The second-order valence-corrected chi connectivity index (χ2v) is 4.88. The van der Waals surface area contributed by atoms with Crippen LogP contribution in [0, 0.1) is 0 Å². The number of para-hydroxylation sites is 2. The lowest BCUT2D eigenvalue weighted by Gasteiger charge is -2.27. The Bertz CT molecular complexity index is 315. The van der Waals surface area contributed by atoms with E-state index in [0.29, 0.717) is 0 Å². The third-order valence-corrected chi connectivity index (χ3v) is 3.78. The van der Waals surface area contributed by atoms with E-state index in [1.54, 1.807) is 0 Å². The summed E-state index contributed by atoms with van der Waals surface area (Å²) in [7, 11) is 0. The van der Waals surface area contributed by atoms with Crippen molar-refractivity contribution in [1.29, 1.82) is 0 Å². The summed E-state index contributed by atoms with van der Waals surface area (Å²) in [4.78, 5) is 5.10. The van der Waals surface area contributed by atoms with Gasteiger partial charge in [-0.25, -0.2) is 0 Å². The second kappa shape index (κ2) is 4.36. The van der Waals surface area contributed by atoms with Crippen LogP contribution in [0.5, 0.6) is 0 Å². The van der Waals surface area contributed by atoms with Gasteiger partial charge in [0.1, 0.15) is 0 Å². The third-order valence-electron chi connectivity index (χ3n) is 3.78. The summed E-state index contributed by atoms with van der Waals surface area (Å²) in [5, 5.41) is 0. The molecule has 3 rings (SSSR count). The predicted octanol–water partition coefficient (Wildman–Crippen LogP) is 2.89. The minimum Gasteiger partial charge on any atom is -0.370 e. The molecule has 0 spiro atoms. The van der Waals surface area contributed by atoms with Gasteiger partial charge in [-0.05, 0) is 37.8 Å². The van der Waals surface area contributed by atoms with Gasteiger partial charge in [-0.2, -0.15) is 0 Å². The van der Waals surface area contributed by atoms with E-state index in [4.69, 9.17) is 0 Å². The van der Waals surface area contributed by atoms with Crippen LogP contribution in [0.3, 0.4) is 0 Å². The molecular formula is C14H20N2. The fourth-order valence-electron chi connectivity index (χ4n) is 2.92. The Balaban J connectivity index is 1.90. The second-order valence-electron chi connectivity index (χ2n) is 4.88. The van der Waals surface area contributed by atoms with Crippen LogP contribution >= 0.6 is 0 Å². The molecule has 2 saturated heterocycles. The van der Waals surface area contributed by atoms with Crippen molar-refractivity contribution in [2.24, 2.45) is 0 Å². The number of anilines is 2. The monoisotopic (exact) mass is 216 g/mol. The summed E-state index contributed by atoms with van der Waals surface area (Å²) in [5.41, 5.74) is 2.92. The van der Waals surface area contributed by atoms with Gasteiger partial charge in [0.25, 0.3) is 0 Å². The molecule has 0 atom stereocenters. The lowest BCUT2D eigenvalue weighted by Crippen LogP contribution is -2.24. The van der Waals surface area contributed by atoms with E-state index < -0.39 is 0 Å². The molecule has 2 heteroatoms. The highest BCUT2D eigenvalue weighted by Gasteiger charge is 2.20. The van der Waals surface area contributed by atoms with Crippen molar-refractivity contribution in [1.82, 2.24) is 0 Å². The molecule has 86 valence electrons. The largest absolute Gasteiger partial charge is 0.370 e. The lowest BCUT2D eigenvalue weighted by molar-refractivity contribution is 0.928. The molecule has 0 N–H and O–H groups in total. The van der Waals surface area contributed by atoms with E-state index in [9.17, 15) is 0 Å². The van der Waals surface area contributed by atoms with Crippen LogP contribution in [0.15, 0.2) is 24.3 Å². The summed E-state index contributed by atoms with van der Waals surface area (Å²) in [6, 6.07) is 8.93. The van der Waals surface area contributed by atoms with E-state index >= 15 is 0 Å². The topological polar surface area (TPSA) is 6.48 Å². The molecule has 2 nitrogen and oxygen atoms in total. The fraction of sp³-hybridized carbons (Fsp3) is 0.571. The summed E-state index contributed by atoms with van der Waals surface area (Å²) in [6.45, 7) is 4.96. The van der Waals surface area contributed by atoms with Gasteiger partial charge < -0.3 is 9.80 Å². The molecular weight excluding hydrogens is 196 g/mol. The number of benzene rings is 1. The van der Waals surface area contributed by atoms with Gasteiger partial charge in [-0.3, -0.25) is 0 Å². The zero-order chi connectivity index (χ0) is 10.8. The van der Waals surface area contributed by atoms with Crippen molar-refractivity contribution < 1.29 is 0 Å². The molecule has 0 saturated carbocycles. The first-order valence-electron chi connectivity index (χ1n) is 6.54. The van der Waals surface area contributed by atoms with Crippen molar-refractivity contribution in [3.05, 3.63) is 24.3 Å². The molecule has 2 aliphatic heterocycles. The van der Waals surface area contributed by atoms with E-state index in [0.717, 1.165) is 0 Å². The normalized spacial score (nSPS) is 20.8. The maximum absolute atomic E-state index is 2.55. The SMILES string of the molecule is c1ccc(N2CCCC2)c(N2CCCC2)c1. The molecule has 0 aromatic heterocycles. The first-order chi connectivity index (χ1) is 7.95. The van der Waals surface area contributed by atoms with Gasteiger partial charge in [-0.1, -0.05) is 12.1 Å². The third kappa shape index (κ3) is 1.77. The van der Waals surface area contributed by atoms with Crippen LogP contribution in [0.1, 0.15) is 25.7 Å². The van der Waals surface area contributed by atoms with Gasteiger partial charge in [0.05, 0.1) is 11.4 Å². The van der Waals surface area contributed by atoms with Crippen LogP contribution in [-0.4, -0.2) is 26.2 Å². The summed E-state index contributed by atoms with van der Waals surface area (Å²) in [5.74, 6) is 0. The Labute approximate surface area is 97.9 Å². The van der Waals surface area contributed by atoms with E-state index in [1.807, 2.05) is 0 Å². The highest BCUT2D eigenvalue weighted by atomic mass is 15.2. The van der Waals surface area contributed by atoms with Gasteiger partial charge >= 0.3 is 0 Å². The fourth-order valence-corrected chi connectivity index (χ4v) is 2.92. The molecule has 1 aromatic rings. The molecule has 0 bridgehead atoms. The average Bonchev–Trinajstić information content (AvgIpc) is 3.03. The van der Waals surface area contributed by atoms with Gasteiger partial charge in [0, 0.05) is 26.2 Å². The van der Waals surface area contributed by atoms with Crippen LogP contribution in [-0.2, 0) is 0 Å². The van der Waals surface area contributed by atoms with Gasteiger partial charge in [0.15, 0.2) is 0 Å². The highest BCUT2D eigenvalue weighted by molar-refractivity contribution is 5.71. The lowest BCUT2D eigenvalue weighted by atomic mass is 10.2. The first-order valence-corrected chi connectivity index (χ1v) is 6.54. The molecule has 16 heavy (non-hydrogen) atoms. The molecule has 0 amide bonds.